The monoisotopic (exact) mass is 487 g/mol. The van der Waals surface area contributed by atoms with Gasteiger partial charge in [0.1, 0.15) is 12.6 Å². The number of carbonyl (C=O) groups excluding carboxylic acids is 2. The zero-order valence-corrected chi connectivity index (χ0v) is 21.9. The summed E-state index contributed by atoms with van der Waals surface area (Å²) in [5.41, 5.74) is 2.88. The Morgan fingerprint density at radius 2 is 1.53 bits per heavy atom. The van der Waals surface area contributed by atoms with Crippen LogP contribution in [-0.4, -0.2) is 50.0 Å². The summed E-state index contributed by atoms with van der Waals surface area (Å²) in [5.74, 6) is -0.665. The molecule has 2 amide bonds. The molecule has 0 spiro atoms. The first-order valence-corrected chi connectivity index (χ1v) is 13.5. The van der Waals surface area contributed by atoms with E-state index in [0.717, 1.165) is 33.7 Å². The Labute approximate surface area is 204 Å². The van der Waals surface area contributed by atoms with Crippen molar-refractivity contribution in [3.05, 3.63) is 65.2 Å². The molecule has 0 radical (unpaired) electrons. The molecule has 8 heteroatoms. The van der Waals surface area contributed by atoms with Gasteiger partial charge in [-0.15, -0.1) is 0 Å². The minimum Gasteiger partial charge on any atom is -0.352 e. The number of rotatable bonds is 11. The lowest BCUT2D eigenvalue weighted by Gasteiger charge is -2.34. The summed E-state index contributed by atoms with van der Waals surface area (Å²) in [4.78, 5) is 28.3. The van der Waals surface area contributed by atoms with Gasteiger partial charge in [-0.3, -0.25) is 13.9 Å². The van der Waals surface area contributed by atoms with Crippen LogP contribution in [0.15, 0.2) is 48.5 Å². The summed E-state index contributed by atoms with van der Waals surface area (Å²) in [6, 6.07) is 14.1. The van der Waals surface area contributed by atoms with Crippen molar-refractivity contribution >= 4 is 27.5 Å². The molecule has 1 N–H and O–H groups in total. The lowest BCUT2D eigenvalue weighted by molar-refractivity contribution is -0.140. The fraction of sp³-hybridized carbons (Fsp3) is 0.462. The average Bonchev–Trinajstić information content (AvgIpc) is 2.77. The molecule has 0 saturated heterocycles. The predicted molar refractivity (Wildman–Crippen MR) is 137 cm³/mol. The maximum Gasteiger partial charge on any atom is 0.244 e. The second kappa shape index (κ2) is 12.0. The molecular weight excluding hydrogens is 450 g/mol. The van der Waals surface area contributed by atoms with Crippen LogP contribution >= 0.6 is 0 Å². The molecule has 2 atom stereocenters. The van der Waals surface area contributed by atoms with E-state index in [4.69, 9.17) is 0 Å². The summed E-state index contributed by atoms with van der Waals surface area (Å²) < 4.78 is 26.7. The zero-order valence-electron chi connectivity index (χ0n) is 21.0. The van der Waals surface area contributed by atoms with Crippen LogP contribution in [0.3, 0.4) is 0 Å². The van der Waals surface area contributed by atoms with E-state index in [1.54, 1.807) is 0 Å². The van der Waals surface area contributed by atoms with E-state index in [1.807, 2.05) is 83.1 Å². The van der Waals surface area contributed by atoms with Crippen LogP contribution in [0.4, 0.5) is 5.69 Å². The standard InChI is InChI=1S/C26H37N3O4S/c1-7-21(5)27-26(31)23(8-2)28(17-22-15-10-9-11-16-22)24(30)18-29(34(6,32)33)25-19(3)13-12-14-20(25)4/h9-16,21,23H,7-8,17-18H2,1-6H3,(H,27,31)/t21-,23-/m0/s1. The van der Waals surface area contributed by atoms with Crippen LogP contribution in [0.2, 0.25) is 0 Å². The Balaban J connectivity index is 2.47. The van der Waals surface area contributed by atoms with E-state index < -0.39 is 22.0 Å². The van der Waals surface area contributed by atoms with Gasteiger partial charge in [0.15, 0.2) is 0 Å². The van der Waals surface area contributed by atoms with E-state index in [0.29, 0.717) is 12.1 Å². The van der Waals surface area contributed by atoms with Crippen molar-refractivity contribution in [3.63, 3.8) is 0 Å². The molecule has 0 saturated carbocycles. The highest BCUT2D eigenvalue weighted by Crippen LogP contribution is 2.27. The quantitative estimate of drug-likeness (QED) is 0.522. The number of nitrogens with zero attached hydrogens (tertiary/aromatic N) is 2. The van der Waals surface area contributed by atoms with Crippen LogP contribution in [0.25, 0.3) is 0 Å². The second-order valence-electron chi connectivity index (χ2n) is 8.76. The maximum absolute atomic E-state index is 13.7. The van der Waals surface area contributed by atoms with Crippen molar-refractivity contribution in [1.82, 2.24) is 10.2 Å². The van der Waals surface area contributed by atoms with Crippen LogP contribution in [0.5, 0.6) is 0 Å². The molecule has 0 heterocycles. The van der Waals surface area contributed by atoms with Gasteiger partial charge in [0.05, 0.1) is 11.9 Å². The van der Waals surface area contributed by atoms with Crippen LogP contribution < -0.4 is 9.62 Å². The van der Waals surface area contributed by atoms with Crippen molar-refractivity contribution in [2.75, 3.05) is 17.1 Å². The molecule has 0 aromatic heterocycles. The maximum atomic E-state index is 13.7. The summed E-state index contributed by atoms with van der Waals surface area (Å²) in [5, 5.41) is 2.97. The number of hydrogen-bond donors (Lipinski definition) is 1. The molecule has 0 unspecified atom stereocenters. The first-order valence-electron chi connectivity index (χ1n) is 11.7. The van der Waals surface area contributed by atoms with Gasteiger partial charge >= 0.3 is 0 Å². The number of carbonyl (C=O) groups is 2. The van der Waals surface area contributed by atoms with Gasteiger partial charge in [-0.2, -0.15) is 0 Å². The average molecular weight is 488 g/mol. The Morgan fingerprint density at radius 3 is 2.03 bits per heavy atom. The van der Waals surface area contributed by atoms with E-state index in [2.05, 4.69) is 5.32 Å². The molecule has 0 aliphatic rings. The second-order valence-corrected chi connectivity index (χ2v) is 10.7. The molecule has 0 aliphatic heterocycles. The van der Waals surface area contributed by atoms with Crippen molar-refractivity contribution in [3.8, 4) is 0 Å². The molecule has 2 aromatic rings. The minimum atomic E-state index is -3.75. The normalized spacial score (nSPS) is 13.1. The van der Waals surface area contributed by atoms with Gasteiger partial charge in [-0.05, 0) is 50.3 Å². The van der Waals surface area contributed by atoms with Gasteiger partial charge in [0.2, 0.25) is 21.8 Å². The lowest BCUT2D eigenvalue weighted by atomic mass is 10.1. The number of anilines is 1. The highest BCUT2D eigenvalue weighted by atomic mass is 32.2. The Kier molecular flexibility index (Phi) is 9.67. The molecule has 2 rings (SSSR count). The number of aryl methyl sites for hydroxylation is 2. The number of para-hydroxylation sites is 1. The lowest BCUT2D eigenvalue weighted by Crippen LogP contribution is -2.53. The molecule has 2 aromatic carbocycles. The zero-order chi connectivity index (χ0) is 25.5. The smallest absolute Gasteiger partial charge is 0.244 e. The molecule has 186 valence electrons. The predicted octanol–water partition coefficient (Wildman–Crippen LogP) is 3.79. The third kappa shape index (κ3) is 7.06. The molecule has 0 fully saturated rings. The third-order valence-corrected chi connectivity index (χ3v) is 7.06. The Bertz CT molecular complexity index is 1070. The van der Waals surface area contributed by atoms with Crippen LogP contribution in [0.1, 0.15) is 50.3 Å². The first-order chi connectivity index (χ1) is 16.0. The van der Waals surface area contributed by atoms with Gasteiger partial charge < -0.3 is 10.2 Å². The fourth-order valence-corrected chi connectivity index (χ4v) is 4.88. The number of sulfonamides is 1. The highest BCUT2D eigenvalue weighted by Gasteiger charge is 2.32. The van der Waals surface area contributed by atoms with E-state index in [1.165, 1.54) is 4.90 Å². The van der Waals surface area contributed by atoms with Gasteiger partial charge in [-0.1, -0.05) is 62.4 Å². The largest absolute Gasteiger partial charge is 0.352 e. The Hall–Kier alpha value is -2.87. The number of nitrogens with one attached hydrogen (secondary N) is 1. The summed E-state index contributed by atoms with van der Waals surface area (Å²) >= 11 is 0. The topological polar surface area (TPSA) is 86.8 Å². The molecule has 0 aliphatic carbocycles. The molecule has 7 nitrogen and oxygen atoms in total. The van der Waals surface area contributed by atoms with Gasteiger partial charge in [0, 0.05) is 12.6 Å². The van der Waals surface area contributed by atoms with Crippen LogP contribution in [-0.2, 0) is 26.2 Å². The van der Waals surface area contributed by atoms with Gasteiger partial charge in [0.25, 0.3) is 0 Å². The Morgan fingerprint density at radius 1 is 0.941 bits per heavy atom. The summed E-state index contributed by atoms with van der Waals surface area (Å²) in [7, 11) is -3.75. The SMILES string of the molecule is CC[C@H](C)NC(=O)[C@H](CC)N(Cc1ccccc1)C(=O)CN(c1c(C)cccc1C)S(C)(=O)=O. The van der Waals surface area contributed by atoms with E-state index >= 15 is 0 Å². The van der Waals surface area contributed by atoms with E-state index in [-0.39, 0.29) is 25.0 Å². The van der Waals surface area contributed by atoms with Gasteiger partial charge in [-0.25, -0.2) is 8.42 Å². The number of hydrogen-bond acceptors (Lipinski definition) is 4. The molecular formula is C26H37N3O4S. The number of amides is 2. The van der Waals surface area contributed by atoms with Crippen LogP contribution in [0, 0.1) is 13.8 Å². The van der Waals surface area contributed by atoms with Crippen molar-refractivity contribution in [1.29, 1.82) is 0 Å². The van der Waals surface area contributed by atoms with Crippen molar-refractivity contribution < 1.29 is 18.0 Å². The van der Waals surface area contributed by atoms with E-state index in [9.17, 15) is 18.0 Å². The highest BCUT2D eigenvalue weighted by molar-refractivity contribution is 7.92. The molecule has 0 bridgehead atoms. The fourth-order valence-electron chi connectivity index (χ4n) is 3.92. The third-order valence-electron chi connectivity index (χ3n) is 5.95. The van der Waals surface area contributed by atoms with Crippen molar-refractivity contribution in [2.24, 2.45) is 0 Å². The molecule has 34 heavy (non-hydrogen) atoms. The minimum absolute atomic E-state index is 0.0302. The summed E-state index contributed by atoms with van der Waals surface area (Å²) in [6.07, 6.45) is 2.27. The summed E-state index contributed by atoms with van der Waals surface area (Å²) in [6.45, 7) is 9.21. The number of benzene rings is 2. The first kappa shape index (κ1) is 27.4. The van der Waals surface area contributed by atoms with Crippen molar-refractivity contribution in [2.45, 2.75) is 66.1 Å².